The fourth-order valence-corrected chi connectivity index (χ4v) is 8.67. The Morgan fingerprint density at radius 3 is 1.95 bits per heavy atom. The van der Waals surface area contributed by atoms with Crippen molar-refractivity contribution in [3.05, 3.63) is 72.1 Å². The highest BCUT2D eigenvalue weighted by atomic mass is 31.2. The molecule has 1 amide bonds. The maximum absolute atomic E-state index is 14.7. The molecule has 2 aliphatic rings. The SMILES string of the molecule is COC(=O)C1=C(OP(=O)(c2ccccc2)c2ccccc2)C(C)C2C(C(C)O[Si](C)(C)C(C)(C)C)C(=O)N12. The summed E-state index contributed by atoms with van der Waals surface area (Å²) in [7, 11) is -4.55. The lowest BCUT2D eigenvalue weighted by Gasteiger charge is -2.49. The molecule has 2 aromatic rings. The Hall–Kier alpha value is -2.67. The zero-order valence-electron chi connectivity index (χ0n) is 23.4. The molecule has 4 atom stereocenters. The first kappa shape index (κ1) is 28.3. The van der Waals surface area contributed by atoms with E-state index in [1.54, 1.807) is 48.5 Å². The molecule has 1 saturated heterocycles. The van der Waals surface area contributed by atoms with E-state index in [1.807, 2.05) is 26.0 Å². The summed E-state index contributed by atoms with van der Waals surface area (Å²) in [6.45, 7) is 14.6. The Morgan fingerprint density at radius 1 is 1.00 bits per heavy atom. The first-order chi connectivity index (χ1) is 17.7. The van der Waals surface area contributed by atoms with Crippen molar-refractivity contribution < 1.29 is 27.8 Å². The largest absolute Gasteiger partial charge is 0.464 e. The molecule has 0 aromatic heterocycles. The number of benzene rings is 2. The van der Waals surface area contributed by atoms with E-state index in [-0.39, 0.29) is 34.5 Å². The van der Waals surface area contributed by atoms with Gasteiger partial charge in [-0.05, 0) is 49.3 Å². The molecule has 9 heteroatoms. The van der Waals surface area contributed by atoms with Crippen molar-refractivity contribution in [2.45, 2.75) is 64.9 Å². The molecule has 0 radical (unpaired) electrons. The van der Waals surface area contributed by atoms with Gasteiger partial charge in [-0.2, -0.15) is 0 Å². The van der Waals surface area contributed by atoms with Gasteiger partial charge in [0.1, 0.15) is 5.76 Å². The maximum Gasteiger partial charge on any atom is 0.358 e. The summed E-state index contributed by atoms with van der Waals surface area (Å²) in [5, 5.41) is 0.986. The van der Waals surface area contributed by atoms with Crippen molar-refractivity contribution in [2.75, 3.05) is 7.11 Å². The second-order valence-corrected chi connectivity index (χ2v) is 18.7. The van der Waals surface area contributed by atoms with E-state index >= 15 is 0 Å². The molecule has 4 rings (SSSR count). The summed E-state index contributed by atoms with van der Waals surface area (Å²) >= 11 is 0. The lowest BCUT2D eigenvalue weighted by atomic mass is 9.79. The first-order valence-electron chi connectivity index (χ1n) is 13.0. The van der Waals surface area contributed by atoms with Gasteiger partial charge in [0, 0.05) is 5.92 Å². The van der Waals surface area contributed by atoms with Crippen LogP contribution in [-0.2, 0) is 27.8 Å². The molecular formula is C29H38NO6PSi. The van der Waals surface area contributed by atoms with Crippen LogP contribution in [0, 0.1) is 11.8 Å². The monoisotopic (exact) mass is 555 g/mol. The average Bonchev–Trinajstić information content (AvgIpc) is 3.11. The number of rotatable bonds is 8. The Bertz CT molecular complexity index is 1240. The molecule has 2 aliphatic heterocycles. The third-order valence-electron chi connectivity index (χ3n) is 8.18. The van der Waals surface area contributed by atoms with Crippen LogP contribution in [0.1, 0.15) is 34.6 Å². The molecule has 7 nitrogen and oxygen atoms in total. The van der Waals surface area contributed by atoms with E-state index in [0.29, 0.717) is 10.6 Å². The summed E-state index contributed by atoms with van der Waals surface area (Å²) in [5.74, 6) is -1.52. The predicted molar refractivity (Wildman–Crippen MR) is 151 cm³/mol. The zero-order valence-corrected chi connectivity index (χ0v) is 25.3. The van der Waals surface area contributed by atoms with E-state index in [4.69, 9.17) is 13.7 Å². The van der Waals surface area contributed by atoms with Gasteiger partial charge in [-0.1, -0.05) is 64.1 Å². The summed E-state index contributed by atoms with van der Waals surface area (Å²) in [4.78, 5) is 28.0. The second kappa shape index (κ2) is 10.1. The van der Waals surface area contributed by atoms with Crippen LogP contribution in [0.15, 0.2) is 72.1 Å². The van der Waals surface area contributed by atoms with E-state index in [0.717, 1.165) is 0 Å². The van der Waals surface area contributed by atoms with E-state index in [9.17, 15) is 14.2 Å². The molecular weight excluding hydrogens is 517 g/mol. The predicted octanol–water partition coefficient (Wildman–Crippen LogP) is 5.20. The minimum Gasteiger partial charge on any atom is -0.464 e. The molecule has 0 aliphatic carbocycles. The summed E-state index contributed by atoms with van der Waals surface area (Å²) < 4.78 is 32.8. The number of hydrogen-bond acceptors (Lipinski definition) is 6. The molecule has 204 valence electrons. The van der Waals surface area contributed by atoms with Gasteiger partial charge in [-0.3, -0.25) is 14.3 Å². The molecule has 0 bridgehead atoms. The van der Waals surface area contributed by atoms with Crippen molar-refractivity contribution in [3.63, 3.8) is 0 Å². The third-order valence-corrected chi connectivity index (χ3v) is 15.2. The van der Waals surface area contributed by atoms with E-state index < -0.39 is 33.5 Å². The van der Waals surface area contributed by atoms with E-state index in [1.165, 1.54) is 12.0 Å². The Balaban J connectivity index is 1.74. The Kier molecular flexibility index (Phi) is 7.56. The smallest absolute Gasteiger partial charge is 0.358 e. The van der Waals surface area contributed by atoms with Crippen LogP contribution in [-0.4, -0.2) is 44.3 Å². The number of methoxy groups -OCH3 is 1. The number of fused-ring (bicyclic) bond motifs is 1. The number of β-lactam (4-membered cyclic amide) rings is 1. The number of ether oxygens (including phenoxy) is 1. The van der Waals surface area contributed by atoms with Crippen molar-refractivity contribution in [1.82, 2.24) is 4.90 Å². The zero-order chi connectivity index (χ0) is 28.0. The highest BCUT2D eigenvalue weighted by Crippen LogP contribution is 2.55. The van der Waals surface area contributed by atoms with Crippen LogP contribution >= 0.6 is 7.37 Å². The van der Waals surface area contributed by atoms with Crippen LogP contribution in [0.3, 0.4) is 0 Å². The van der Waals surface area contributed by atoms with Crippen molar-refractivity contribution >= 4 is 38.2 Å². The first-order valence-corrected chi connectivity index (χ1v) is 17.5. The van der Waals surface area contributed by atoms with Gasteiger partial charge in [-0.15, -0.1) is 0 Å². The van der Waals surface area contributed by atoms with Crippen molar-refractivity contribution in [3.8, 4) is 0 Å². The van der Waals surface area contributed by atoms with Gasteiger partial charge >= 0.3 is 13.3 Å². The molecule has 0 spiro atoms. The number of amides is 1. The van der Waals surface area contributed by atoms with Crippen LogP contribution in [0.25, 0.3) is 0 Å². The lowest BCUT2D eigenvalue weighted by molar-refractivity contribution is -0.163. The highest BCUT2D eigenvalue weighted by molar-refractivity contribution is 7.74. The lowest BCUT2D eigenvalue weighted by Crippen LogP contribution is -2.65. The van der Waals surface area contributed by atoms with Gasteiger partial charge < -0.3 is 13.7 Å². The molecule has 2 heterocycles. The van der Waals surface area contributed by atoms with Gasteiger partial charge in [0.2, 0.25) is 5.91 Å². The third kappa shape index (κ3) is 4.67. The maximum atomic E-state index is 14.7. The number of carbonyl (C=O) groups excluding carboxylic acids is 2. The molecule has 0 N–H and O–H groups in total. The number of carbonyl (C=O) groups is 2. The summed E-state index contributed by atoms with van der Waals surface area (Å²) in [6.07, 6.45) is -0.347. The Labute approximate surface area is 226 Å². The van der Waals surface area contributed by atoms with Crippen LogP contribution < -0.4 is 10.6 Å². The molecule has 2 aromatic carbocycles. The average molecular weight is 556 g/mol. The topological polar surface area (TPSA) is 82.1 Å². The molecule has 4 unspecified atom stereocenters. The quantitative estimate of drug-likeness (QED) is 0.193. The fourth-order valence-electron chi connectivity index (χ4n) is 5.07. The van der Waals surface area contributed by atoms with Gasteiger partial charge in [-0.25, -0.2) is 4.79 Å². The standard InChI is InChI=1S/C29H38NO6PSi/c1-19-24-23(20(2)36-38(7,8)29(3,4)5)27(31)30(24)25(28(32)34-6)26(19)35-37(33,21-15-11-9-12-16-21)22-17-13-10-14-18-22/h9-20,23-24H,1-8H3. The van der Waals surface area contributed by atoms with Gasteiger partial charge in [0.25, 0.3) is 0 Å². The fraction of sp³-hybridized carbons (Fsp3) is 0.448. The number of hydrogen-bond donors (Lipinski definition) is 0. The van der Waals surface area contributed by atoms with Crippen LogP contribution in [0.5, 0.6) is 0 Å². The van der Waals surface area contributed by atoms with Gasteiger partial charge in [0.15, 0.2) is 14.0 Å². The molecule has 0 saturated carbocycles. The van der Waals surface area contributed by atoms with Gasteiger partial charge in [0.05, 0.1) is 35.8 Å². The minimum absolute atomic E-state index is 0.0171. The van der Waals surface area contributed by atoms with E-state index in [2.05, 4.69) is 33.9 Å². The molecule has 38 heavy (non-hydrogen) atoms. The normalized spacial score (nSPS) is 22.6. The van der Waals surface area contributed by atoms with Crippen LogP contribution in [0.2, 0.25) is 18.1 Å². The highest BCUT2D eigenvalue weighted by Gasteiger charge is 2.62. The number of esters is 1. The van der Waals surface area contributed by atoms with Crippen molar-refractivity contribution in [2.24, 2.45) is 11.8 Å². The summed E-state index contributed by atoms with van der Waals surface area (Å²) in [5.41, 5.74) is 0.0258. The molecule has 1 fully saturated rings. The minimum atomic E-state index is -3.67. The van der Waals surface area contributed by atoms with Crippen molar-refractivity contribution in [1.29, 1.82) is 0 Å². The Morgan fingerprint density at radius 2 is 1.50 bits per heavy atom. The second-order valence-electron chi connectivity index (χ2n) is 11.6. The van der Waals surface area contributed by atoms with Crippen LogP contribution in [0.4, 0.5) is 0 Å². The summed E-state index contributed by atoms with van der Waals surface area (Å²) in [6, 6.07) is 17.5. The number of nitrogens with zero attached hydrogens (tertiary/aromatic N) is 1.